The van der Waals surface area contributed by atoms with Crippen molar-refractivity contribution >= 4 is 23.2 Å². The predicted molar refractivity (Wildman–Crippen MR) is 71.6 cm³/mol. The van der Waals surface area contributed by atoms with Crippen LogP contribution >= 0.6 is 11.3 Å². The summed E-state index contributed by atoms with van der Waals surface area (Å²) in [5, 5.41) is 5.73. The largest absolute Gasteiger partial charge is 0.344 e. The fourth-order valence-corrected chi connectivity index (χ4v) is 3.64. The minimum absolute atomic E-state index is 0.0128. The Morgan fingerprint density at radius 3 is 3.00 bits per heavy atom. The van der Waals surface area contributed by atoms with Gasteiger partial charge in [-0.3, -0.25) is 9.59 Å². The van der Waals surface area contributed by atoms with Crippen LogP contribution in [0.1, 0.15) is 43.2 Å². The van der Waals surface area contributed by atoms with Crippen molar-refractivity contribution in [3.05, 3.63) is 16.6 Å². The normalized spacial score (nSPS) is 27.4. The maximum absolute atomic E-state index is 12.5. The Balaban J connectivity index is 1.76. The molecule has 6 heteroatoms. The second kappa shape index (κ2) is 5.28. The molecule has 2 saturated heterocycles. The van der Waals surface area contributed by atoms with E-state index in [1.165, 1.54) is 0 Å². The van der Waals surface area contributed by atoms with E-state index in [2.05, 4.69) is 10.3 Å². The van der Waals surface area contributed by atoms with Crippen LogP contribution in [0.3, 0.4) is 0 Å². The number of carbonyl (C=O) groups is 2. The van der Waals surface area contributed by atoms with Crippen LogP contribution in [0.2, 0.25) is 0 Å². The zero-order valence-corrected chi connectivity index (χ0v) is 11.5. The molecule has 1 aromatic rings. The Labute approximate surface area is 116 Å². The molecule has 19 heavy (non-hydrogen) atoms. The van der Waals surface area contributed by atoms with E-state index in [1.807, 2.05) is 10.3 Å². The van der Waals surface area contributed by atoms with Gasteiger partial charge in [0.05, 0.1) is 6.04 Å². The highest BCUT2D eigenvalue weighted by molar-refractivity contribution is 7.09. The van der Waals surface area contributed by atoms with Gasteiger partial charge < -0.3 is 10.2 Å². The summed E-state index contributed by atoms with van der Waals surface area (Å²) >= 11 is 1.60. The van der Waals surface area contributed by atoms with Gasteiger partial charge in [0, 0.05) is 24.5 Å². The molecule has 2 fully saturated rings. The molecule has 0 bridgehead atoms. The Morgan fingerprint density at radius 1 is 1.42 bits per heavy atom. The van der Waals surface area contributed by atoms with E-state index in [9.17, 15) is 9.59 Å². The molecule has 2 atom stereocenters. The van der Waals surface area contributed by atoms with Gasteiger partial charge in [0.1, 0.15) is 11.0 Å². The van der Waals surface area contributed by atoms with Crippen LogP contribution in [0.5, 0.6) is 0 Å². The van der Waals surface area contributed by atoms with E-state index in [1.54, 1.807) is 17.5 Å². The summed E-state index contributed by atoms with van der Waals surface area (Å²) in [6, 6.07) is -0.230. The Hall–Kier alpha value is -1.43. The first-order valence-electron chi connectivity index (χ1n) is 6.75. The summed E-state index contributed by atoms with van der Waals surface area (Å²) in [7, 11) is 0. The number of rotatable bonds is 2. The molecule has 2 aliphatic rings. The first-order chi connectivity index (χ1) is 9.25. The molecule has 1 aromatic heterocycles. The van der Waals surface area contributed by atoms with E-state index in [-0.39, 0.29) is 23.9 Å². The second-order valence-electron chi connectivity index (χ2n) is 5.07. The molecular formula is C13H17N3O2S. The second-order valence-corrected chi connectivity index (χ2v) is 6.00. The lowest BCUT2D eigenvalue weighted by Gasteiger charge is -2.36. The molecule has 3 rings (SSSR count). The molecular weight excluding hydrogens is 262 g/mol. The molecule has 5 nitrogen and oxygen atoms in total. The van der Waals surface area contributed by atoms with E-state index in [0.717, 1.165) is 30.8 Å². The molecule has 2 amide bonds. The molecule has 0 saturated carbocycles. The lowest BCUT2D eigenvalue weighted by Crippen LogP contribution is -2.47. The van der Waals surface area contributed by atoms with Crippen LogP contribution in [0, 0.1) is 0 Å². The number of carbonyl (C=O) groups excluding carboxylic acids is 2. The van der Waals surface area contributed by atoms with Crippen molar-refractivity contribution in [3.63, 3.8) is 0 Å². The predicted octanol–water partition coefficient (Wildman–Crippen LogP) is 1.48. The average molecular weight is 279 g/mol. The summed E-state index contributed by atoms with van der Waals surface area (Å²) in [6.45, 7) is 0.773. The molecule has 0 aliphatic carbocycles. The molecule has 3 heterocycles. The van der Waals surface area contributed by atoms with Crippen molar-refractivity contribution in [3.8, 4) is 0 Å². The van der Waals surface area contributed by atoms with Crippen molar-refractivity contribution in [2.75, 3.05) is 6.54 Å². The van der Waals surface area contributed by atoms with Gasteiger partial charge in [-0.2, -0.15) is 0 Å². The van der Waals surface area contributed by atoms with E-state index in [4.69, 9.17) is 0 Å². The van der Waals surface area contributed by atoms with E-state index in [0.29, 0.717) is 12.8 Å². The highest BCUT2D eigenvalue weighted by Crippen LogP contribution is 2.33. The van der Waals surface area contributed by atoms with Gasteiger partial charge >= 0.3 is 0 Å². The highest BCUT2D eigenvalue weighted by Gasteiger charge is 2.36. The van der Waals surface area contributed by atoms with Gasteiger partial charge in [-0.25, -0.2) is 4.98 Å². The summed E-state index contributed by atoms with van der Waals surface area (Å²) in [6.07, 6.45) is 6.01. The highest BCUT2D eigenvalue weighted by atomic mass is 32.1. The molecule has 102 valence electrons. The SMILES string of the molecule is O=C1CCC(C(=O)N2CCCCC2c2nccs2)N1. The number of aromatic nitrogens is 1. The fraction of sp³-hybridized carbons (Fsp3) is 0.615. The van der Waals surface area contributed by atoms with Crippen LogP contribution in [0.4, 0.5) is 0 Å². The Kier molecular flexibility index (Phi) is 3.50. The summed E-state index contributed by atoms with van der Waals surface area (Å²) in [5.74, 6) is 0.0481. The molecule has 0 aromatic carbocycles. The van der Waals surface area contributed by atoms with Crippen LogP contribution in [0.25, 0.3) is 0 Å². The number of piperidine rings is 1. The van der Waals surface area contributed by atoms with Crippen molar-refractivity contribution in [2.24, 2.45) is 0 Å². The fourth-order valence-electron chi connectivity index (χ4n) is 2.85. The first kappa shape index (κ1) is 12.6. The van der Waals surface area contributed by atoms with Crippen molar-refractivity contribution in [1.82, 2.24) is 15.2 Å². The van der Waals surface area contributed by atoms with Gasteiger partial charge in [-0.05, 0) is 25.7 Å². The summed E-state index contributed by atoms with van der Waals surface area (Å²) in [4.78, 5) is 30.1. The molecule has 2 aliphatic heterocycles. The van der Waals surface area contributed by atoms with Gasteiger partial charge in [0.2, 0.25) is 11.8 Å². The smallest absolute Gasteiger partial charge is 0.245 e. The summed E-state index contributed by atoms with van der Waals surface area (Å²) < 4.78 is 0. The van der Waals surface area contributed by atoms with Crippen LogP contribution in [-0.4, -0.2) is 34.3 Å². The van der Waals surface area contributed by atoms with Crippen molar-refractivity contribution < 1.29 is 9.59 Å². The van der Waals surface area contributed by atoms with E-state index >= 15 is 0 Å². The third-order valence-electron chi connectivity index (χ3n) is 3.82. The van der Waals surface area contributed by atoms with Gasteiger partial charge in [-0.1, -0.05) is 0 Å². The number of likely N-dealkylation sites (tertiary alicyclic amines) is 1. The van der Waals surface area contributed by atoms with Gasteiger partial charge in [0.15, 0.2) is 0 Å². The Morgan fingerprint density at radius 2 is 2.32 bits per heavy atom. The van der Waals surface area contributed by atoms with Crippen molar-refractivity contribution in [1.29, 1.82) is 0 Å². The number of nitrogens with one attached hydrogen (secondary N) is 1. The third kappa shape index (κ3) is 2.49. The maximum atomic E-state index is 12.5. The minimum atomic E-state index is -0.326. The third-order valence-corrected chi connectivity index (χ3v) is 4.69. The number of nitrogens with zero attached hydrogens (tertiary/aromatic N) is 2. The lowest BCUT2D eigenvalue weighted by atomic mass is 10.0. The number of hydrogen-bond acceptors (Lipinski definition) is 4. The van der Waals surface area contributed by atoms with Crippen LogP contribution in [0.15, 0.2) is 11.6 Å². The summed E-state index contributed by atoms with van der Waals surface area (Å²) in [5.41, 5.74) is 0. The number of hydrogen-bond donors (Lipinski definition) is 1. The maximum Gasteiger partial charge on any atom is 0.245 e. The number of amides is 2. The first-order valence-corrected chi connectivity index (χ1v) is 7.63. The quantitative estimate of drug-likeness (QED) is 0.892. The van der Waals surface area contributed by atoms with Crippen LogP contribution < -0.4 is 5.32 Å². The molecule has 0 spiro atoms. The number of thiazole rings is 1. The van der Waals surface area contributed by atoms with Crippen LogP contribution in [-0.2, 0) is 9.59 Å². The molecule has 0 radical (unpaired) electrons. The lowest BCUT2D eigenvalue weighted by molar-refractivity contribution is -0.138. The van der Waals surface area contributed by atoms with Crippen molar-refractivity contribution in [2.45, 2.75) is 44.2 Å². The topological polar surface area (TPSA) is 62.3 Å². The standard InChI is InChI=1S/C13H17N3O2S/c17-11-5-4-9(15-11)13(18)16-7-2-1-3-10(16)12-14-6-8-19-12/h6,8-10H,1-5,7H2,(H,15,17). The van der Waals surface area contributed by atoms with Gasteiger partial charge in [0.25, 0.3) is 0 Å². The van der Waals surface area contributed by atoms with Gasteiger partial charge in [-0.15, -0.1) is 11.3 Å². The van der Waals surface area contributed by atoms with E-state index < -0.39 is 0 Å². The molecule has 2 unspecified atom stereocenters. The zero-order valence-electron chi connectivity index (χ0n) is 10.7. The monoisotopic (exact) mass is 279 g/mol. The molecule has 1 N–H and O–H groups in total. The Bertz CT molecular complexity index is 474. The minimum Gasteiger partial charge on any atom is -0.344 e. The average Bonchev–Trinajstić information content (AvgIpc) is 3.09. The zero-order chi connectivity index (χ0) is 13.2.